The molecular weight excluding hydrogens is 367 g/mol. The van der Waals surface area contributed by atoms with Crippen LogP contribution in [0.3, 0.4) is 0 Å². The lowest BCUT2D eigenvalue weighted by molar-refractivity contribution is -0.139. The summed E-state index contributed by atoms with van der Waals surface area (Å²) < 4.78 is 4.86. The van der Waals surface area contributed by atoms with Crippen LogP contribution in [0.5, 0.6) is 5.75 Å². The van der Waals surface area contributed by atoms with E-state index in [1.54, 1.807) is 30.3 Å². The maximum Gasteiger partial charge on any atom is 0.341 e. The summed E-state index contributed by atoms with van der Waals surface area (Å²) in [5.41, 5.74) is 5.53. The number of amides is 1. The van der Waals surface area contributed by atoms with E-state index in [2.05, 4.69) is 5.32 Å². The van der Waals surface area contributed by atoms with Crippen LogP contribution >= 0.6 is 23.2 Å². The number of hydrogen-bond acceptors (Lipinski definition) is 4. The summed E-state index contributed by atoms with van der Waals surface area (Å²) in [4.78, 5) is 20.6. The molecule has 2 aromatic carbocycles. The van der Waals surface area contributed by atoms with E-state index in [9.17, 15) is 9.59 Å². The van der Waals surface area contributed by atoms with Crippen LogP contribution < -0.4 is 15.8 Å². The average molecular weight is 387 g/mol. The number of aliphatic carboxylic acids is 1. The predicted octanol–water partition coefficient (Wildman–Crippen LogP) is 3.08. The first-order valence-corrected chi connectivity index (χ1v) is 7.80. The monoisotopic (exact) mass is 386 g/mol. The molecule has 136 valence electrons. The van der Waals surface area contributed by atoms with Crippen molar-refractivity contribution in [2.24, 2.45) is 5.73 Å². The number of hydrogen-bond donors (Lipinski definition) is 3. The predicted molar refractivity (Wildman–Crippen MR) is 99.5 cm³/mol. The molecule has 0 fully saturated rings. The van der Waals surface area contributed by atoms with Gasteiger partial charge in [-0.15, -0.1) is 0 Å². The number of carbonyl (C=O) groups excluding carboxylic acids is 1. The lowest BCUT2D eigenvalue weighted by Gasteiger charge is -2.04. The van der Waals surface area contributed by atoms with Gasteiger partial charge in [-0.2, -0.15) is 0 Å². The maximum atomic E-state index is 10.4. The van der Waals surface area contributed by atoms with Gasteiger partial charge in [-0.3, -0.25) is 4.79 Å². The Bertz CT molecular complexity index is 667. The zero-order chi connectivity index (χ0) is 19.2. The molecule has 0 saturated heterocycles. The number of carboxylic acids is 1. The topological polar surface area (TPSA) is 102 Å². The second-order valence-corrected chi connectivity index (χ2v) is 5.33. The van der Waals surface area contributed by atoms with Crippen molar-refractivity contribution in [3.8, 4) is 5.75 Å². The van der Waals surface area contributed by atoms with E-state index >= 15 is 0 Å². The van der Waals surface area contributed by atoms with Crippen molar-refractivity contribution < 1.29 is 19.4 Å². The minimum atomic E-state index is -1.05. The molecule has 0 spiro atoms. The van der Waals surface area contributed by atoms with Gasteiger partial charge >= 0.3 is 5.97 Å². The number of halogens is 2. The van der Waals surface area contributed by atoms with Gasteiger partial charge in [0.25, 0.3) is 0 Å². The maximum absolute atomic E-state index is 10.4. The SMILES string of the molecule is CNC.NC(=O)c1ccccc1.O=C(O)COc1ccc(Cl)cc1Cl. The van der Waals surface area contributed by atoms with Crippen molar-refractivity contribution >= 4 is 35.1 Å². The van der Waals surface area contributed by atoms with Gasteiger partial charge in [-0.1, -0.05) is 41.4 Å². The van der Waals surface area contributed by atoms with Gasteiger partial charge in [-0.25, -0.2) is 4.79 Å². The van der Waals surface area contributed by atoms with Gasteiger partial charge in [0.05, 0.1) is 5.02 Å². The summed E-state index contributed by atoms with van der Waals surface area (Å²) >= 11 is 11.3. The normalized spacial score (nSPS) is 8.96. The number of rotatable bonds is 4. The summed E-state index contributed by atoms with van der Waals surface area (Å²) in [6, 6.07) is 13.3. The molecule has 4 N–H and O–H groups in total. The van der Waals surface area contributed by atoms with Crippen LogP contribution in [0.4, 0.5) is 0 Å². The fourth-order valence-electron chi connectivity index (χ4n) is 1.33. The van der Waals surface area contributed by atoms with E-state index in [1.807, 2.05) is 20.2 Å². The first-order valence-electron chi connectivity index (χ1n) is 7.04. The standard InChI is InChI=1S/C8H6Cl2O3.C7H7NO.C2H7N/c9-5-1-2-7(6(10)3-5)13-4-8(11)12;8-7(9)6-4-2-1-3-5-6;1-3-2/h1-3H,4H2,(H,11,12);1-5H,(H2,8,9);3H,1-2H3. The summed E-state index contributed by atoms with van der Waals surface area (Å²) in [6.07, 6.45) is 0. The van der Waals surface area contributed by atoms with E-state index in [1.165, 1.54) is 12.1 Å². The van der Waals surface area contributed by atoms with Crippen molar-refractivity contribution in [3.63, 3.8) is 0 Å². The zero-order valence-corrected chi connectivity index (χ0v) is 15.3. The molecule has 0 heterocycles. The van der Waals surface area contributed by atoms with Crippen LogP contribution in [0.2, 0.25) is 10.0 Å². The quantitative estimate of drug-likeness (QED) is 0.749. The molecule has 0 radical (unpaired) electrons. The number of carbonyl (C=O) groups is 2. The average Bonchev–Trinajstić information content (AvgIpc) is 2.56. The molecule has 0 aromatic heterocycles. The number of carboxylic acid groups (broad SMARTS) is 1. The minimum absolute atomic E-state index is 0.300. The molecule has 2 aromatic rings. The van der Waals surface area contributed by atoms with E-state index < -0.39 is 12.6 Å². The number of primary amides is 1. The smallest absolute Gasteiger partial charge is 0.341 e. The Morgan fingerprint density at radius 1 is 1.12 bits per heavy atom. The molecule has 0 atom stereocenters. The van der Waals surface area contributed by atoms with Gasteiger partial charge < -0.3 is 20.9 Å². The van der Waals surface area contributed by atoms with Crippen molar-refractivity contribution in [1.82, 2.24) is 5.32 Å². The third-order valence-electron chi connectivity index (χ3n) is 2.30. The summed E-state index contributed by atoms with van der Waals surface area (Å²) in [7, 11) is 3.75. The Hall–Kier alpha value is -2.28. The second-order valence-electron chi connectivity index (χ2n) is 4.49. The molecule has 0 aliphatic rings. The molecule has 2 rings (SSSR count). The number of nitrogens with two attached hydrogens (primary N) is 1. The van der Waals surface area contributed by atoms with E-state index in [-0.39, 0.29) is 5.91 Å². The molecule has 8 heteroatoms. The molecule has 0 aliphatic carbocycles. The highest BCUT2D eigenvalue weighted by Gasteiger charge is 2.04. The van der Waals surface area contributed by atoms with Crippen LogP contribution in [0, 0.1) is 0 Å². The van der Waals surface area contributed by atoms with Crippen LogP contribution in [-0.2, 0) is 4.79 Å². The van der Waals surface area contributed by atoms with Crippen LogP contribution in [0.15, 0.2) is 48.5 Å². The Morgan fingerprint density at radius 2 is 1.68 bits per heavy atom. The lowest BCUT2D eigenvalue weighted by Crippen LogP contribution is -2.09. The second kappa shape index (κ2) is 13.1. The minimum Gasteiger partial charge on any atom is -0.480 e. The van der Waals surface area contributed by atoms with E-state index in [0.717, 1.165) is 0 Å². The zero-order valence-electron chi connectivity index (χ0n) is 13.8. The van der Waals surface area contributed by atoms with Crippen molar-refractivity contribution in [1.29, 1.82) is 0 Å². The van der Waals surface area contributed by atoms with E-state index in [4.69, 9.17) is 38.8 Å². The molecule has 0 aliphatic heterocycles. The fourth-order valence-corrected chi connectivity index (χ4v) is 1.80. The van der Waals surface area contributed by atoms with Gasteiger partial charge in [0.1, 0.15) is 5.75 Å². The van der Waals surface area contributed by atoms with Gasteiger partial charge in [-0.05, 0) is 44.4 Å². The molecule has 25 heavy (non-hydrogen) atoms. The lowest BCUT2D eigenvalue weighted by atomic mass is 10.2. The van der Waals surface area contributed by atoms with Gasteiger partial charge in [0.2, 0.25) is 5.91 Å². The first-order chi connectivity index (χ1) is 11.8. The molecule has 1 amide bonds. The third-order valence-corrected chi connectivity index (χ3v) is 2.83. The fraction of sp³-hybridized carbons (Fsp3) is 0.176. The Morgan fingerprint density at radius 3 is 2.08 bits per heavy atom. The number of ether oxygens (including phenoxy) is 1. The van der Waals surface area contributed by atoms with Crippen LogP contribution in [0.1, 0.15) is 10.4 Å². The van der Waals surface area contributed by atoms with Crippen molar-refractivity contribution in [2.45, 2.75) is 0 Å². The largest absolute Gasteiger partial charge is 0.480 e. The summed E-state index contributed by atoms with van der Waals surface area (Å²) in [6.45, 7) is -0.415. The summed E-state index contributed by atoms with van der Waals surface area (Å²) in [5, 5.41) is 11.9. The Kier molecular flexibility index (Phi) is 11.9. The summed E-state index contributed by atoms with van der Waals surface area (Å²) in [5.74, 6) is -1.12. The Labute approximate surface area is 156 Å². The van der Waals surface area contributed by atoms with Crippen molar-refractivity contribution in [2.75, 3.05) is 20.7 Å². The molecular formula is C17H20Cl2N2O4. The highest BCUT2D eigenvalue weighted by Crippen LogP contribution is 2.27. The van der Waals surface area contributed by atoms with E-state index in [0.29, 0.717) is 21.4 Å². The number of nitrogens with one attached hydrogen (secondary N) is 1. The highest BCUT2D eigenvalue weighted by atomic mass is 35.5. The number of benzene rings is 2. The molecule has 0 unspecified atom stereocenters. The Balaban J connectivity index is 0.000000417. The van der Waals surface area contributed by atoms with Gasteiger partial charge in [0, 0.05) is 10.6 Å². The third kappa shape index (κ3) is 11.0. The first kappa shape index (κ1) is 22.7. The van der Waals surface area contributed by atoms with Crippen molar-refractivity contribution in [3.05, 3.63) is 64.1 Å². The van der Waals surface area contributed by atoms with Crippen LogP contribution in [-0.4, -0.2) is 37.7 Å². The van der Waals surface area contributed by atoms with Crippen LogP contribution in [0.25, 0.3) is 0 Å². The molecule has 0 saturated carbocycles. The molecule has 0 bridgehead atoms. The molecule has 6 nitrogen and oxygen atoms in total. The highest BCUT2D eigenvalue weighted by molar-refractivity contribution is 6.35. The van der Waals surface area contributed by atoms with Gasteiger partial charge in [0.15, 0.2) is 6.61 Å².